The molecule has 1 unspecified atom stereocenters. The summed E-state index contributed by atoms with van der Waals surface area (Å²) < 4.78 is 11.9. The van der Waals surface area contributed by atoms with Crippen molar-refractivity contribution in [1.29, 1.82) is 0 Å². The SMILES string of the molecule is C=CCS(=O)c1ccccc1CNC(C)C. The van der Waals surface area contributed by atoms with E-state index in [4.69, 9.17) is 0 Å². The summed E-state index contributed by atoms with van der Waals surface area (Å²) in [6, 6.07) is 8.28. The molecule has 0 amide bonds. The summed E-state index contributed by atoms with van der Waals surface area (Å²) in [6.07, 6.45) is 1.70. The van der Waals surface area contributed by atoms with Gasteiger partial charge in [-0.3, -0.25) is 4.21 Å². The fourth-order valence-corrected chi connectivity index (χ4v) is 2.44. The first-order chi connectivity index (χ1) is 7.65. The van der Waals surface area contributed by atoms with Crippen LogP contribution in [0.1, 0.15) is 19.4 Å². The normalized spacial score (nSPS) is 12.7. The van der Waals surface area contributed by atoms with Crippen molar-refractivity contribution in [1.82, 2.24) is 5.32 Å². The van der Waals surface area contributed by atoms with Gasteiger partial charge in [-0.2, -0.15) is 0 Å². The summed E-state index contributed by atoms with van der Waals surface area (Å²) in [5, 5.41) is 3.34. The molecule has 0 fully saturated rings. The van der Waals surface area contributed by atoms with Gasteiger partial charge in [-0.25, -0.2) is 0 Å². The van der Waals surface area contributed by atoms with Crippen molar-refractivity contribution < 1.29 is 4.21 Å². The number of rotatable bonds is 6. The van der Waals surface area contributed by atoms with E-state index < -0.39 is 10.8 Å². The first kappa shape index (κ1) is 13.1. The van der Waals surface area contributed by atoms with Gasteiger partial charge in [0, 0.05) is 23.2 Å². The van der Waals surface area contributed by atoms with Crippen LogP contribution in [0.25, 0.3) is 0 Å². The van der Waals surface area contributed by atoms with E-state index in [1.165, 1.54) is 0 Å². The minimum Gasteiger partial charge on any atom is -0.310 e. The van der Waals surface area contributed by atoms with Gasteiger partial charge in [-0.1, -0.05) is 38.1 Å². The summed E-state index contributed by atoms with van der Waals surface area (Å²) in [5.74, 6) is 0.513. The zero-order valence-corrected chi connectivity index (χ0v) is 10.7. The predicted octanol–water partition coefficient (Wildman–Crippen LogP) is 2.48. The van der Waals surface area contributed by atoms with E-state index in [0.717, 1.165) is 17.0 Å². The number of nitrogens with one attached hydrogen (secondary N) is 1. The molecule has 1 aromatic carbocycles. The van der Waals surface area contributed by atoms with Gasteiger partial charge in [-0.05, 0) is 11.6 Å². The van der Waals surface area contributed by atoms with Crippen LogP contribution in [0.3, 0.4) is 0 Å². The van der Waals surface area contributed by atoms with Gasteiger partial charge in [0.05, 0.1) is 10.8 Å². The molecule has 0 radical (unpaired) electrons. The Kier molecular flexibility index (Phi) is 5.43. The zero-order valence-electron chi connectivity index (χ0n) is 9.90. The largest absolute Gasteiger partial charge is 0.310 e. The lowest BCUT2D eigenvalue weighted by Crippen LogP contribution is -2.22. The monoisotopic (exact) mass is 237 g/mol. The molecule has 0 aliphatic rings. The highest BCUT2D eigenvalue weighted by molar-refractivity contribution is 7.85. The molecule has 0 heterocycles. The molecule has 0 aromatic heterocycles. The third-order valence-electron chi connectivity index (χ3n) is 2.19. The smallest absolute Gasteiger partial charge is 0.0571 e. The van der Waals surface area contributed by atoms with Gasteiger partial charge in [0.1, 0.15) is 0 Å². The average molecular weight is 237 g/mol. The molecule has 0 aliphatic heterocycles. The van der Waals surface area contributed by atoms with E-state index in [0.29, 0.717) is 11.8 Å². The molecule has 1 N–H and O–H groups in total. The highest BCUT2D eigenvalue weighted by atomic mass is 32.2. The summed E-state index contributed by atoms with van der Waals surface area (Å²) in [5.41, 5.74) is 1.11. The van der Waals surface area contributed by atoms with Crippen LogP contribution in [0.5, 0.6) is 0 Å². The van der Waals surface area contributed by atoms with Gasteiger partial charge in [0.25, 0.3) is 0 Å². The van der Waals surface area contributed by atoms with Crippen LogP contribution in [0.15, 0.2) is 41.8 Å². The quantitative estimate of drug-likeness (QED) is 0.770. The fourth-order valence-electron chi connectivity index (χ4n) is 1.38. The lowest BCUT2D eigenvalue weighted by atomic mass is 10.2. The van der Waals surface area contributed by atoms with Crippen molar-refractivity contribution in [2.75, 3.05) is 5.75 Å². The van der Waals surface area contributed by atoms with Gasteiger partial charge in [-0.15, -0.1) is 6.58 Å². The highest BCUT2D eigenvalue weighted by Gasteiger charge is 2.07. The zero-order chi connectivity index (χ0) is 12.0. The molecule has 2 nitrogen and oxygen atoms in total. The maximum Gasteiger partial charge on any atom is 0.0571 e. The molecule has 1 atom stereocenters. The number of hydrogen-bond acceptors (Lipinski definition) is 2. The topological polar surface area (TPSA) is 29.1 Å². The van der Waals surface area contributed by atoms with Crippen LogP contribution in [0, 0.1) is 0 Å². The van der Waals surface area contributed by atoms with Crippen molar-refractivity contribution in [3.05, 3.63) is 42.5 Å². The first-order valence-electron chi connectivity index (χ1n) is 5.45. The van der Waals surface area contributed by atoms with E-state index in [1.807, 2.05) is 24.3 Å². The minimum atomic E-state index is -0.968. The molecule has 0 bridgehead atoms. The third-order valence-corrected chi connectivity index (χ3v) is 3.62. The van der Waals surface area contributed by atoms with Gasteiger partial charge in [0.2, 0.25) is 0 Å². The fraction of sp³-hybridized carbons (Fsp3) is 0.385. The molecular weight excluding hydrogens is 218 g/mol. The maximum atomic E-state index is 11.9. The van der Waals surface area contributed by atoms with Crippen LogP contribution in [-0.4, -0.2) is 16.0 Å². The van der Waals surface area contributed by atoms with Crippen molar-refractivity contribution in [2.45, 2.75) is 31.3 Å². The van der Waals surface area contributed by atoms with Crippen LogP contribution < -0.4 is 5.32 Å². The lowest BCUT2D eigenvalue weighted by Gasteiger charge is -2.11. The Hall–Kier alpha value is -0.930. The second-order valence-electron chi connectivity index (χ2n) is 3.94. The van der Waals surface area contributed by atoms with Crippen LogP contribution in [0.2, 0.25) is 0 Å². The lowest BCUT2D eigenvalue weighted by molar-refractivity contribution is 0.583. The standard InChI is InChI=1S/C13H19NOS/c1-4-9-16(15)13-8-6-5-7-12(13)10-14-11(2)3/h4-8,11,14H,1,9-10H2,2-3H3. The van der Waals surface area contributed by atoms with Gasteiger partial charge in [0.15, 0.2) is 0 Å². The Bertz CT molecular complexity index is 374. The van der Waals surface area contributed by atoms with E-state index in [2.05, 4.69) is 25.7 Å². The molecule has 0 saturated carbocycles. The molecule has 1 aromatic rings. The molecule has 0 saturated heterocycles. The van der Waals surface area contributed by atoms with Crippen LogP contribution in [-0.2, 0) is 17.3 Å². The van der Waals surface area contributed by atoms with Crippen molar-refractivity contribution in [2.24, 2.45) is 0 Å². The summed E-state index contributed by atoms with van der Waals surface area (Å²) in [7, 11) is -0.968. The molecule has 0 spiro atoms. The second-order valence-corrected chi connectivity index (χ2v) is 5.41. The maximum absolute atomic E-state index is 11.9. The van der Waals surface area contributed by atoms with Crippen LogP contribution in [0.4, 0.5) is 0 Å². The Morgan fingerprint density at radius 1 is 1.44 bits per heavy atom. The van der Waals surface area contributed by atoms with Crippen molar-refractivity contribution in [3.8, 4) is 0 Å². The molecule has 16 heavy (non-hydrogen) atoms. The summed E-state index contributed by atoms with van der Waals surface area (Å²) in [6.45, 7) is 8.58. The van der Waals surface area contributed by atoms with Gasteiger partial charge >= 0.3 is 0 Å². The Balaban J connectivity index is 2.82. The highest BCUT2D eigenvalue weighted by Crippen LogP contribution is 2.14. The molecule has 0 aliphatic carbocycles. The van der Waals surface area contributed by atoms with E-state index in [1.54, 1.807) is 6.08 Å². The van der Waals surface area contributed by atoms with Crippen molar-refractivity contribution >= 4 is 10.8 Å². The molecule has 88 valence electrons. The summed E-state index contributed by atoms with van der Waals surface area (Å²) >= 11 is 0. The Morgan fingerprint density at radius 2 is 2.12 bits per heavy atom. The van der Waals surface area contributed by atoms with E-state index in [9.17, 15) is 4.21 Å². The van der Waals surface area contributed by atoms with E-state index >= 15 is 0 Å². The molecule has 3 heteroatoms. The number of benzene rings is 1. The third kappa shape index (κ3) is 3.91. The Labute approximate surface area is 100 Å². The molecule has 1 rings (SSSR count). The summed E-state index contributed by atoms with van der Waals surface area (Å²) in [4.78, 5) is 0.913. The van der Waals surface area contributed by atoms with Crippen molar-refractivity contribution in [3.63, 3.8) is 0 Å². The predicted molar refractivity (Wildman–Crippen MR) is 69.9 cm³/mol. The second kappa shape index (κ2) is 6.61. The number of hydrogen-bond donors (Lipinski definition) is 1. The minimum absolute atomic E-state index is 0.431. The van der Waals surface area contributed by atoms with Crippen LogP contribution >= 0.6 is 0 Å². The van der Waals surface area contributed by atoms with E-state index in [-0.39, 0.29) is 0 Å². The average Bonchev–Trinajstić information content (AvgIpc) is 2.27. The van der Waals surface area contributed by atoms with Gasteiger partial charge < -0.3 is 5.32 Å². The Morgan fingerprint density at radius 3 is 2.75 bits per heavy atom. The first-order valence-corrected chi connectivity index (χ1v) is 6.77. The molecular formula is C13H19NOS.